The molecule has 1 saturated carbocycles. The monoisotopic (exact) mass is 269 g/mol. The molecule has 0 aliphatic heterocycles. The lowest BCUT2D eigenvalue weighted by atomic mass is 10.2. The zero-order valence-electron chi connectivity index (χ0n) is 10.6. The maximum Gasteiger partial charge on any atom is 0.264 e. The number of ether oxygens (including phenoxy) is 1. The third-order valence-corrected chi connectivity index (χ3v) is 4.29. The highest BCUT2D eigenvalue weighted by Crippen LogP contribution is 2.28. The van der Waals surface area contributed by atoms with Crippen LogP contribution in [0.2, 0.25) is 0 Å². The quantitative estimate of drug-likeness (QED) is 0.891. The molecule has 1 aromatic heterocycles. The first kappa shape index (κ1) is 13.4. The molecule has 100 valence electrons. The molecule has 1 N–H and O–H groups in total. The topological polar surface area (TPSA) is 49.8 Å². The third-order valence-electron chi connectivity index (χ3n) is 3.39. The Morgan fingerprint density at radius 2 is 2.28 bits per heavy atom. The van der Waals surface area contributed by atoms with E-state index in [2.05, 4.69) is 0 Å². The van der Waals surface area contributed by atoms with E-state index in [1.165, 1.54) is 24.2 Å². The second-order valence-electron chi connectivity index (χ2n) is 4.51. The van der Waals surface area contributed by atoms with Gasteiger partial charge in [0.2, 0.25) is 0 Å². The minimum atomic E-state index is 0.0178. The van der Waals surface area contributed by atoms with Gasteiger partial charge in [-0.3, -0.25) is 4.79 Å². The Balaban J connectivity index is 2.11. The van der Waals surface area contributed by atoms with Gasteiger partial charge in [0.25, 0.3) is 5.91 Å². The number of carbonyl (C=O) groups excluding carboxylic acids is 1. The van der Waals surface area contributed by atoms with Gasteiger partial charge < -0.3 is 14.7 Å². The molecule has 0 bridgehead atoms. The second kappa shape index (κ2) is 6.20. The van der Waals surface area contributed by atoms with Crippen molar-refractivity contribution in [2.75, 3.05) is 20.3 Å². The molecule has 1 aliphatic carbocycles. The molecule has 2 rings (SSSR count). The van der Waals surface area contributed by atoms with Crippen molar-refractivity contribution in [2.45, 2.75) is 31.7 Å². The summed E-state index contributed by atoms with van der Waals surface area (Å²) in [5.74, 6) is 0.739. The normalized spacial score (nSPS) is 15.9. The van der Waals surface area contributed by atoms with Crippen molar-refractivity contribution in [2.24, 2.45) is 0 Å². The van der Waals surface area contributed by atoms with E-state index < -0.39 is 0 Å². The summed E-state index contributed by atoms with van der Waals surface area (Å²) in [4.78, 5) is 14.9. The molecule has 0 spiro atoms. The average molecular weight is 269 g/mol. The summed E-state index contributed by atoms with van der Waals surface area (Å²) in [7, 11) is 1.60. The van der Waals surface area contributed by atoms with Gasteiger partial charge >= 0.3 is 0 Å². The maximum atomic E-state index is 12.4. The Hall–Kier alpha value is -1.07. The van der Waals surface area contributed by atoms with Gasteiger partial charge in [0.05, 0.1) is 18.6 Å². The van der Waals surface area contributed by atoms with E-state index >= 15 is 0 Å². The number of hydrogen-bond acceptors (Lipinski definition) is 4. The Labute approximate surface area is 111 Å². The van der Waals surface area contributed by atoms with Crippen LogP contribution < -0.4 is 4.74 Å². The molecular formula is C13H19NO3S. The SMILES string of the molecule is COc1csc(C(=O)N(CCO)C2CCCC2)c1. The van der Waals surface area contributed by atoms with Crippen molar-refractivity contribution in [1.82, 2.24) is 4.90 Å². The molecule has 0 aromatic carbocycles. The van der Waals surface area contributed by atoms with Crippen LogP contribution in [0.15, 0.2) is 11.4 Å². The molecule has 1 aromatic rings. The van der Waals surface area contributed by atoms with Gasteiger partial charge in [-0.1, -0.05) is 12.8 Å². The molecule has 1 aliphatic rings. The zero-order chi connectivity index (χ0) is 13.0. The predicted molar refractivity (Wildman–Crippen MR) is 71.2 cm³/mol. The molecule has 0 atom stereocenters. The molecule has 18 heavy (non-hydrogen) atoms. The average Bonchev–Trinajstić information content (AvgIpc) is 3.05. The molecule has 0 saturated heterocycles. The summed E-state index contributed by atoms with van der Waals surface area (Å²) >= 11 is 1.40. The lowest BCUT2D eigenvalue weighted by Crippen LogP contribution is -2.40. The molecule has 1 heterocycles. The summed E-state index contributed by atoms with van der Waals surface area (Å²) in [5, 5.41) is 11.0. The van der Waals surface area contributed by atoms with Crippen LogP contribution in [0.5, 0.6) is 5.75 Å². The molecule has 5 heteroatoms. The fourth-order valence-electron chi connectivity index (χ4n) is 2.45. The number of aliphatic hydroxyl groups is 1. The van der Waals surface area contributed by atoms with Crippen molar-refractivity contribution < 1.29 is 14.6 Å². The van der Waals surface area contributed by atoms with E-state index in [0.29, 0.717) is 11.4 Å². The summed E-state index contributed by atoms with van der Waals surface area (Å²) in [6, 6.07) is 2.06. The van der Waals surface area contributed by atoms with Gasteiger partial charge in [0.15, 0.2) is 0 Å². The van der Waals surface area contributed by atoms with Gasteiger partial charge in [0, 0.05) is 24.0 Å². The van der Waals surface area contributed by atoms with Crippen LogP contribution >= 0.6 is 11.3 Å². The Morgan fingerprint density at radius 3 is 2.83 bits per heavy atom. The van der Waals surface area contributed by atoms with Crippen LogP contribution in [0.25, 0.3) is 0 Å². The van der Waals surface area contributed by atoms with Crippen molar-refractivity contribution in [1.29, 1.82) is 0 Å². The Bertz CT molecular complexity index is 399. The van der Waals surface area contributed by atoms with Crippen LogP contribution in [0.4, 0.5) is 0 Å². The largest absolute Gasteiger partial charge is 0.496 e. The Kier molecular flexibility index (Phi) is 4.60. The number of thiophene rings is 1. The predicted octanol–water partition coefficient (Wildman–Crippen LogP) is 2.13. The van der Waals surface area contributed by atoms with Gasteiger partial charge in [-0.2, -0.15) is 0 Å². The van der Waals surface area contributed by atoms with Crippen LogP contribution in [0.3, 0.4) is 0 Å². The fourth-order valence-corrected chi connectivity index (χ4v) is 3.26. The number of amides is 1. The van der Waals surface area contributed by atoms with E-state index in [4.69, 9.17) is 9.84 Å². The first-order valence-corrected chi connectivity index (χ1v) is 7.18. The highest BCUT2D eigenvalue weighted by molar-refractivity contribution is 7.12. The van der Waals surface area contributed by atoms with Crippen LogP contribution in [0.1, 0.15) is 35.4 Å². The first-order chi connectivity index (χ1) is 8.76. The standard InChI is InChI=1S/C13H19NO3S/c1-17-11-8-12(18-9-11)13(16)14(6-7-15)10-4-2-3-5-10/h8-10,15H,2-7H2,1H3. The number of hydrogen-bond donors (Lipinski definition) is 1. The van der Waals surface area contributed by atoms with Crippen LogP contribution in [-0.2, 0) is 0 Å². The van der Waals surface area contributed by atoms with E-state index in [-0.39, 0.29) is 18.6 Å². The zero-order valence-corrected chi connectivity index (χ0v) is 11.4. The second-order valence-corrected chi connectivity index (χ2v) is 5.42. The van der Waals surface area contributed by atoms with E-state index in [1.807, 2.05) is 10.3 Å². The van der Waals surface area contributed by atoms with Crippen LogP contribution in [0, 0.1) is 0 Å². The Morgan fingerprint density at radius 1 is 1.56 bits per heavy atom. The van der Waals surface area contributed by atoms with Crippen molar-refractivity contribution in [3.05, 3.63) is 16.3 Å². The van der Waals surface area contributed by atoms with Crippen molar-refractivity contribution >= 4 is 17.2 Å². The number of nitrogens with zero attached hydrogens (tertiary/aromatic N) is 1. The smallest absolute Gasteiger partial charge is 0.264 e. The first-order valence-electron chi connectivity index (χ1n) is 6.30. The minimum Gasteiger partial charge on any atom is -0.496 e. The van der Waals surface area contributed by atoms with Gasteiger partial charge in [-0.25, -0.2) is 0 Å². The van der Waals surface area contributed by atoms with Crippen LogP contribution in [-0.4, -0.2) is 42.2 Å². The fraction of sp³-hybridized carbons (Fsp3) is 0.615. The van der Waals surface area contributed by atoms with E-state index in [1.54, 1.807) is 13.2 Å². The molecule has 0 radical (unpaired) electrons. The summed E-state index contributed by atoms with van der Waals surface area (Å²) in [5.41, 5.74) is 0. The molecule has 1 amide bonds. The lowest BCUT2D eigenvalue weighted by molar-refractivity contribution is 0.0643. The van der Waals surface area contributed by atoms with Gasteiger partial charge in [-0.05, 0) is 12.8 Å². The number of carbonyl (C=O) groups is 1. The molecule has 4 nitrogen and oxygen atoms in total. The van der Waals surface area contributed by atoms with Gasteiger partial charge in [-0.15, -0.1) is 11.3 Å². The molecular weight excluding hydrogens is 250 g/mol. The maximum absolute atomic E-state index is 12.4. The summed E-state index contributed by atoms with van der Waals surface area (Å²) in [6.07, 6.45) is 4.45. The van der Waals surface area contributed by atoms with Crippen molar-refractivity contribution in [3.63, 3.8) is 0 Å². The number of methoxy groups -OCH3 is 1. The molecule has 1 fully saturated rings. The lowest BCUT2D eigenvalue weighted by Gasteiger charge is -2.27. The number of aliphatic hydroxyl groups excluding tert-OH is 1. The third kappa shape index (κ3) is 2.84. The highest BCUT2D eigenvalue weighted by Gasteiger charge is 2.27. The highest BCUT2D eigenvalue weighted by atomic mass is 32.1. The van der Waals surface area contributed by atoms with Gasteiger partial charge in [0.1, 0.15) is 5.75 Å². The van der Waals surface area contributed by atoms with E-state index in [0.717, 1.165) is 18.6 Å². The van der Waals surface area contributed by atoms with Crippen molar-refractivity contribution in [3.8, 4) is 5.75 Å². The summed E-state index contributed by atoms with van der Waals surface area (Å²) < 4.78 is 5.10. The van der Waals surface area contributed by atoms with E-state index in [9.17, 15) is 4.79 Å². The summed E-state index contributed by atoms with van der Waals surface area (Å²) in [6.45, 7) is 0.439. The number of rotatable bonds is 5. The minimum absolute atomic E-state index is 0.0178. The molecule has 0 unspecified atom stereocenters.